The van der Waals surface area contributed by atoms with E-state index >= 15 is 0 Å². The minimum absolute atomic E-state index is 0.731. The topological polar surface area (TPSA) is 63.9 Å². The highest BCUT2D eigenvalue weighted by molar-refractivity contribution is 6.01. The van der Waals surface area contributed by atoms with Crippen LogP contribution in [0.5, 0.6) is 5.75 Å². The maximum atomic E-state index is 5.79. The van der Waals surface area contributed by atoms with E-state index in [0.29, 0.717) is 0 Å². The van der Waals surface area contributed by atoms with Crippen LogP contribution in [0.4, 0.5) is 0 Å². The summed E-state index contributed by atoms with van der Waals surface area (Å²) in [6.07, 6.45) is 8.52. The van der Waals surface area contributed by atoms with E-state index in [1.54, 1.807) is 7.11 Å². The highest BCUT2D eigenvalue weighted by atomic mass is 16.5. The zero-order valence-electron chi connectivity index (χ0n) is 18.0. The highest BCUT2D eigenvalue weighted by Crippen LogP contribution is 2.38. The lowest BCUT2D eigenvalue weighted by atomic mass is 9.96. The quantitative estimate of drug-likeness (QED) is 0.337. The van der Waals surface area contributed by atoms with E-state index in [2.05, 4.69) is 47.2 Å². The highest BCUT2D eigenvalue weighted by Gasteiger charge is 2.17. The number of methoxy groups -OCH3 is 1. The lowest BCUT2D eigenvalue weighted by Gasteiger charge is -2.11. The Morgan fingerprint density at radius 3 is 2.70 bits per heavy atom. The molecule has 0 unspecified atom stereocenters. The van der Waals surface area contributed by atoms with Gasteiger partial charge in [-0.1, -0.05) is 25.5 Å². The van der Waals surface area contributed by atoms with Gasteiger partial charge in [0.2, 0.25) is 0 Å². The lowest BCUT2D eigenvalue weighted by Crippen LogP contribution is -1.99. The number of ether oxygens (including phenoxy) is 1. The van der Waals surface area contributed by atoms with Crippen LogP contribution in [0.25, 0.3) is 33.1 Å². The molecule has 0 atom stereocenters. The SMILES string of the molecule is CCCCc1ccc2[nH]c(-c3ccc(OC)c4ncccc34)c(CCCCN)c2c1. The molecule has 0 saturated heterocycles. The van der Waals surface area contributed by atoms with Gasteiger partial charge in [0.1, 0.15) is 11.3 Å². The number of aromatic nitrogens is 2. The maximum absolute atomic E-state index is 5.79. The molecule has 4 nitrogen and oxygen atoms in total. The number of benzene rings is 2. The summed E-state index contributed by atoms with van der Waals surface area (Å²) in [7, 11) is 1.70. The van der Waals surface area contributed by atoms with E-state index in [1.807, 2.05) is 18.3 Å². The van der Waals surface area contributed by atoms with Crippen LogP contribution in [0.3, 0.4) is 0 Å². The van der Waals surface area contributed by atoms with E-state index in [1.165, 1.54) is 46.1 Å². The zero-order chi connectivity index (χ0) is 20.9. The minimum Gasteiger partial charge on any atom is -0.494 e. The second kappa shape index (κ2) is 9.31. The molecule has 4 aromatic rings. The van der Waals surface area contributed by atoms with E-state index in [0.717, 1.165) is 48.9 Å². The predicted molar refractivity (Wildman–Crippen MR) is 126 cm³/mol. The Kier molecular flexibility index (Phi) is 6.34. The van der Waals surface area contributed by atoms with Crippen LogP contribution >= 0.6 is 0 Å². The monoisotopic (exact) mass is 401 g/mol. The van der Waals surface area contributed by atoms with E-state index < -0.39 is 0 Å². The first-order valence-electron chi connectivity index (χ1n) is 11.0. The molecule has 0 aliphatic carbocycles. The fourth-order valence-corrected chi connectivity index (χ4v) is 4.30. The molecule has 0 radical (unpaired) electrons. The van der Waals surface area contributed by atoms with Crippen LogP contribution < -0.4 is 10.5 Å². The molecular formula is C26H31N3O. The van der Waals surface area contributed by atoms with Crippen molar-refractivity contribution < 1.29 is 4.74 Å². The number of hydrogen-bond acceptors (Lipinski definition) is 3. The van der Waals surface area contributed by atoms with Crippen molar-refractivity contribution >= 4 is 21.8 Å². The summed E-state index contributed by atoms with van der Waals surface area (Å²) in [4.78, 5) is 8.31. The third-order valence-electron chi connectivity index (χ3n) is 5.89. The van der Waals surface area contributed by atoms with Crippen molar-refractivity contribution in [2.24, 2.45) is 5.73 Å². The van der Waals surface area contributed by atoms with E-state index in [-0.39, 0.29) is 0 Å². The second-order valence-electron chi connectivity index (χ2n) is 7.92. The number of hydrogen-bond donors (Lipinski definition) is 2. The number of nitrogens with two attached hydrogens (primary N) is 1. The van der Waals surface area contributed by atoms with Gasteiger partial charge in [0.25, 0.3) is 0 Å². The normalized spacial score (nSPS) is 11.4. The molecule has 0 saturated carbocycles. The van der Waals surface area contributed by atoms with Crippen molar-refractivity contribution in [1.29, 1.82) is 0 Å². The van der Waals surface area contributed by atoms with Gasteiger partial charge < -0.3 is 15.5 Å². The molecule has 0 aliphatic rings. The standard InChI is InChI=1S/C26H31N3O/c1-3-4-8-18-11-13-23-22(17-18)20(9-5-6-15-27)25(29-23)21-12-14-24(30-2)26-19(21)10-7-16-28-26/h7,10-14,16-17,29H,3-6,8-9,15,27H2,1-2H3. The van der Waals surface area contributed by atoms with E-state index in [4.69, 9.17) is 10.5 Å². The van der Waals surface area contributed by atoms with Gasteiger partial charge in [-0.3, -0.25) is 4.98 Å². The zero-order valence-corrected chi connectivity index (χ0v) is 18.0. The van der Waals surface area contributed by atoms with Crippen LogP contribution in [0.1, 0.15) is 43.7 Å². The largest absolute Gasteiger partial charge is 0.494 e. The number of H-pyrrole nitrogens is 1. The molecule has 2 heterocycles. The number of unbranched alkanes of at least 4 members (excludes halogenated alkanes) is 2. The van der Waals surface area contributed by atoms with Crippen molar-refractivity contribution in [3.05, 3.63) is 59.8 Å². The summed E-state index contributed by atoms with van der Waals surface area (Å²) in [5.74, 6) is 0.803. The van der Waals surface area contributed by atoms with Crippen molar-refractivity contribution in [3.63, 3.8) is 0 Å². The Labute approximate surface area is 178 Å². The summed E-state index contributed by atoms with van der Waals surface area (Å²) in [6, 6.07) is 15.2. The average molecular weight is 402 g/mol. The van der Waals surface area contributed by atoms with Crippen LogP contribution in [-0.4, -0.2) is 23.6 Å². The van der Waals surface area contributed by atoms with Crippen LogP contribution in [0.15, 0.2) is 48.7 Å². The predicted octanol–water partition coefficient (Wildman–Crippen LogP) is 6.02. The van der Waals surface area contributed by atoms with Gasteiger partial charge in [-0.2, -0.15) is 0 Å². The fourth-order valence-electron chi connectivity index (χ4n) is 4.30. The summed E-state index contributed by atoms with van der Waals surface area (Å²) >= 11 is 0. The van der Waals surface area contributed by atoms with Gasteiger partial charge in [0, 0.05) is 28.0 Å². The molecule has 30 heavy (non-hydrogen) atoms. The van der Waals surface area contributed by atoms with Crippen LogP contribution in [-0.2, 0) is 12.8 Å². The molecule has 0 fully saturated rings. The summed E-state index contributed by atoms with van der Waals surface area (Å²) in [6.45, 7) is 2.98. The lowest BCUT2D eigenvalue weighted by molar-refractivity contribution is 0.419. The number of pyridine rings is 1. The first kappa shape index (κ1) is 20.4. The molecule has 0 bridgehead atoms. The van der Waals surface area contributed by atoms with Crippen LogP contribution in [0, 0.1) is 0 Å². The van der Waals surface area contributed by atoms with Gasteiger partial charge >= 0.3 is 0 Å². The van der Waals surface area contributed by atoms with Crippen LogP contribution in [0.2, 0.25) is 0 Å². The third kappa shape index (κ3) is 3.92. The molecule has 0 aliphatic heterocycles. The number of nitrogens with one attached hydrogen (secondary N) is 1. The van der Waals surface area contributed by atoms with Gasteiger partial charge in [-0.15, -0.1) is 0 Å². The summed E-state index contributed by atoms with van der Waals surface area (Å²) < 4.78 is 5.55. The summed E-state index contributed by atoms with van der Waals surface area (Å²) in [5, 5.41) is 2.44. The molecule has 3 N–H and O–H groups in total. The Morgan fingerprint density at radius 1 is 1.00 bits per heavy atom. The fraction of sp³-hybridized carbons (Fsp3) is 0.346. The Morgan fingerprint density at radius 2 is 1.90 bits per heavy atom. The van der Waals surface area contributed by atoms with Gasteiger partial charge in [0.15, 0.2) is 0 Å². The second-order valence-corrected chi connectivity index (χ2v) is 7.92. The van der Waals surface area contributed by atoms with Crippen molar-refractivity contribution in [3.8, 4) is 17.0 Å². The molecule has 4 rings (SSSR count). The smallest absolute Gasteiger partial charge is 0.145 e. The van der Waals surface area contributed by atoms with Crippen molar-refractivity contribution in [2.45, 2.75) is 45.4 Å². The Balaban J connectivity index is 1.89. The minimum atomic E-state index is 0.731. The first-order valence-corrected chi connectivity index (χ1v) is 11.0. The molecule has 2 aromatic heterocycles. The average Bonchev–Trinajstić information content (AvgIpc) is 3.14. The number of aromatic amines is 1. The molecule has 4 heteroatoms. The van der Waals surface area contributed by atoms with Gasteiger partial charge in [-0.25, -0.2) is 0 Å². The molecule has 2 aromatic carbocycles. The molecule has 0 spiro atoms. The Hall–Kier alpha value is -2.85. The number of fused-ring (bicyclic) bond motifs is 2. The number of aryl methyl sites for hydroxylation is 2. The third-order valence-corrected chi connectivity index (χ3v) is 5.89. The molecular weight excluding hydrogens is 370 g/mol. The first-order chi connectivity index (χ1) is 14.8. The van der Waals surface area contributed by atoms with Crippen molar-refractivity contribution in [2.75, 3.05) is 13.7 Å². The molecule has 156 valence electrons. The van der Waals surface area contributed by atoms with E-state index in [9.17, 15) is 0 Å². The maximum Gasteiger partial charge on any atom is 0.145 e. The summed E-state index contributed by atoms with van der Waals surface area (Å²) in [5.41, 5.74) is 13.0. The Bertz CT molecular complexity index is 1150. The van der Waals surface area contributed by atoms with Gasteiger partial charge in [0.05, 0.1) is 12.8 Å². The number of nitrogens with zero attached hydrogens (tertiary/aromatic N) is 1. The molecule has 0 amide bonds. The van der Waals surface area contributed by atoms with Gasteiger partial charge in [-0.05, 0) is 80.1 Å². The number of rotatable bonds is 9. The van der Waals surface area contributed by atoms with Crippen molar-refractivity contribution in [1.82, 2.24) is 9.97 Å².